The van der Waals surface area contributed by atoms with Crippen LogP contribution >= 0.6 is 0 Å². The van der Waals surface area contributed by atoms with Crippen molar-refractivity contribution >= 4 is 23.2 Å². The Bertz CT molecular complexity index is 983. The second-order valence-electron chi connectivity index (χ2n) is 7.49. The molecule has 9 heteroatoms. The quantitative estimate of drug-likeness (QED) is 0.602. The van der Waals surface area contributed by atoms with Gasteiger partial charge in [-0.25, -0.2) is 4.39 Å². The van der Waals surface area contributed by atoms with Gasteiger partial charge in [-0.05, 0) is 49.2 Å². The number of carbonyl (C=O) groups is 2. The maximum atomic E-state index is 13.1. The Balaban J connectivity index is 1.45. The monoisotopic (exact) mass is 412 g/mol. The van der Waals surface area contributed by atoms with Crippen molar-refractivity contribution in [3.63, 3.8) is 0 Å². The van der Waals surface area contributed by atoms with Crippen molar-refractivity contribution < 1.29 is 18.9 Å². The summed E-state index contributed by atoms with van der Waals surface area (Å²) in [5.74, 6) is -0.906. The molecule has 0 spiro atoms. The Kier molecular flexibility index (Phi) is 5.35. The van der Waals surface area contributed by atoms with Gasteiger partial charge in [0.05, 0.1) is 4.92 Å². The first kappa shape index (κ1) is 19.8. The fraction of sp³-hybridized carbons (Fsp3) is 0.333. The number of nitro groups is 1. The van der Waals surface area contributed by atoms with Gasteiger partial charge >= 0.3 is 0 Å². The van der Waals surface area contributed by atoms with Crippen LogP contribution in [0.3, 0.4) is 0 Å². The highest BCUT2D eigenvalue weighted by Gasteiger charge is 2.28. The Morgan fingerprint density at radius 2 is 1.63 bits per heavy atom. The minimum atomic E-state index is -0.487. The molecule has 1 aliphatic heterocycles. The van der Waals surface area contributed by atoms with Gasteiger partial charge in [0.1, 0.15) is 11.5 Å². The van der Waals surface area contributed by atoms with Crippen molar-refractivity contribution in [1.29, 1.82) is 0 Å². The summed E-state index contributed by atoms with van der Waals surface area (Å²) < 4.78 is 13.1. The minimum Gasteiger partial charge on any atom is -0.362 e. The van der Waals surface area contributed by atoms with Crippen molar-refractivity contribution in [1.82, 2.24) is 10.2 Å². The topological polar surface area (TPSA) is 95.8 Å². The number of nitro benzene ring substituents is 1. The number of benzene rings is 2. The third-order valence-electron chi connectivity index (χ3n) is 5.35. The first-order chi connectivity index (χ1) is 14.4. The lowest BCUT2D eigenvalue weighted by Crippen LogP contribution is -2.49. The van der Waals surface area contributed by atoms with E-state index in [0.29, 0.717) is 37.4 Å². The number of anilines is 1. The second-order valence-corrected chi connectivity index (χ2v) is 7.49. The van der Waals surface area contributed by atoms with Crippen LogP contribution in [0.1, 0.15) is 33.6 Å². The number of hydrogen-bond donors (Lipinski definition) is 1. The van der Waals surface area contributed by atoms with Gasteiger partial charge in [0.25, 0.3) is 17.5 Å². The number of rotatable bonds is 5. The van der Waals surface area contributed by atoms with Crippen LogP contribution in [0.15, 0.2) is 42.5 Å². The molecule has 0 bridgehead atoms. The molecule has 4 rings (SSSR count). The predicted octanol–water partition coefficient (Wildman–Crippen LogP) is 2.59. The van der Waals surface area contributed by atoms with Crippen LogP contribution in [0.2, 0.25) is 0 Å². The number of nitrogens with zero attached hydrogens (tertiary/aromatic N) is 3. The SMILES string of the molecule is O=C(NC1CC1)c1ccc(N2CCN(C(=O)c3ccc(F)cc3)CC2)c([N+](=O)[O-])c1. The number of carbonyl (C=O) groups excluding carboxylic acids is 2. The Morgan fingerprint density at radius 3 is 2.23 bits per heavy atom. The Labute approximate surface area is 172 Å². The summed E-state index contributed by atoms with van der Waals surface area (Å²) in [5, 5.41) is 14.4. The van der Waals surface area contributed by atoms with Gasteiger partial charge < -0.3 is 15.1 Å². The predicted molar refractivity (Wildman–Crippen MR) is 108 cm³/mol. The molecule has 2 amide bonds. The lowest BCUT2D eigenvalue weighted by Gasteiger charge is -2.35. The molecule has 1 saturated carbocycles. The third-order valence-corrected chi connectivity index (χ3v) is 5.35. The highest BCUT2D eigenvalue weighted by atomic mass is 19.1. The van der Waals surface area contributed by atoms with Crippen LogP contribution in [0.5, 0.6) is 0 Å². The van der Waals surface area contributed by atoms with Crippen molar-refractivity contribution in [3.05, 3.63) is 69.5 Å². The molecule has 1 N–H and O–H groups in total. The molecule has 156 valence electrons. The Morgan fingerprint density at radius 1 is 1.00 bits per heavy atom. The summed E-state index contributed by atoms with van der Waals surface area (Å²) in [7, 11) is 0. The van der Waals surface area contributed by atoms with E-state index in [4.69, 9.17) is 0 Å². The molecule has 8 nitrogen and oxygen atoms in total. The molecule has 0 radical (unpaired) electrons. The third kappa shape index (κ3) is 4.24. The van der Waals surface area contributed by atoms with E-state index in [0.717, 1.165) is 12.8 Å². The van der Waals surface area contributed by atoms with E-state index < -0.39 is 10.7 Å². The maximum absolute atomic E-state index is 13.1. The molecule has 2 aliphatic rings. The van der Waals surface area contributed by atoms with Gasteiger partial charge in [-0.15, -0.1) is 0 Å². The molecule has 2 fully saturated rings. The van der Waals surface area contributed by atoms with Gasteiger partial charge in [0, 0.05) is 49.4 Å². The molecule has 0 unspecified atom stereocenters. The zero-order valence-electron chi connectivity index (χ0n) is 16.2. The molecule has 0 aromatic heterocycles. The van der Waals surface area contributed by atoms with Crippen molar-refractivity contribution in [3.8, 4) is 0 Å². The standard InChI is InChI=1S/C21H21FN4O4/c22-16-4-1-14(2-5-16)21(28)25-11-9-24(10-12-25)18-8-3-15(13-19(18)26(29)30)20(27)23-17-6-7-17/h1-5,8,13,17H,6-7,9-12H2,(H,23,27). The summed E-state index contributed by atoms with van der Waals surface area (Å²) in [4.78, 5) is 39.4. The van der Waals surface area contributed by atoms with Crippen LogP contribution in [0, 0.1) is 15.9 Å². The fourth-order valence-corrected chi connectivity index (χ4v) is 3.50. The number of amides is 2. The van der Waals surface area contributed by atoms with Crippen LogP contribution in [0.25, 0.3) is 0 Å². The molecule has 2 aromatic rings. The zero-order chi connectivity index (χ0) is 21.3. The highest BCUT2D eigenvalue weighted by Crippen LogP contribution is 2.31. The molecule has 0 atom stereocenters. The van der Waals surface area contributed by atoms with E-state index in [1.54, 1.807) is 17.0 Å². The summed E-state index contributed by atoms with van der Waals surface area (Å²) in [5.41, 5.74) is 0.970. The summed E-state index contributed by atoms with van der Waals surface area (Å²) >= 11 is 0. The van der Waals surface area contributed by atoms with Crippen LogP contribution in [-0.4, -0.2) is 53.9 Å². The largest absolute Gasteiger partial charge is 0.362 e. The minimum absolute atomic E-state index is 0.128. The molecule has 1 saturated heterocycles. The molecule has 30 heavy (non-hydrogen) atoms. The van der Waals surface area contributed by atoms with Gasteiger partial charge in [-0.3, -0.25) is 19.7 Å². The van der Waals surface area contributed by atoms with Gasteiger partial charge in [0.15, 0.2) is 0 Å². The summed E-state index contributed by atoms with van der Waals surface area (Å²) in [6.45, 7) is 1.61. The van der Waals surface area contributed by atoms with E-state index in [1.807, 2.05) is 4.90 Å². The molecule has 1 aliphatic carbocycles. The van der Waals surface area contributed by atoms with E-state index in [-0.39, 0.29) is 29.1 Å². The summed E-state index contributed by atoms with van der Waals surface area (Å²) in [6.07, 6.45) is 1.87. The number of piperazine rings is 1. The van der Waals surface area contributed by atoms with Gasteiger partial charge in [-0.1, -0.05) is 0 Å². The Hall–Kier alpha value is -3.49. The van der Waals surface area contributed by atoms with Crippen molar-refractivity contribution in [2.45, 2.75) is 18.9 Å². The average molecular weight is 412 g/mol. The molecule has 1 heterocycles. The smallest absolute Gasteiger partial charge is 0.293 e. The lowest BCUT2D eigenvalue weighted by atomic mass is 10.1. The van der Waals surface area contributed by atoms with Gasteiger partial charge in [-0.2, -0.15) is 0 Å². The number of nitrogens with one attached hydrogen (secondary N) is 1. The molecule has 2 aromatic carbocycles. The average Bonchev–Trinajstić information content (AvgIpc) is 3.57. The van der Waals surface area contributed by atoms with Crippen molar-refractivity contribution in [2.75, 3.05) is 31.1 Å². The summed E-state index contributed by atoms with van der Waals surface area (Å²) in [6, 6.07) is 10.0. The normalized spacial score (nSPS) is 16.3. The lowest BCUT2D eigenvalue weighted by molar-refractivity contribution is -0.384. The van der Waals surface area contributed by atoms with Crippen LogP contribution < -0.4 is 10.2 Å². The number of hydrogen-bond acceptors (Lipinski definition) is 5. The van der Waals surface area contributed by atoms with E-state index in [2.05, 4.69) is 5.32 Å². The van der Waals surface area contributed by atoms with E-state index in [1.165, 1.54) is 30.3 Å². The van der Waals surface area contributed by atoms with Crippen LogP contribution in [-0.2, 0) is 0 Å². The second kappa shape index (κ2) is 8.10. The molecular formula is C21H21FN4O4. The van der Waals surface area contributed by atoms with Crippen molar-refractivity contribution in [2.24, 2.45) is 0 Å². The van der Waals surface area contributed by atoms with Crippen LogP contribution in [0.4, 0.5) is 15.8 Å². The van der Waals surface area contributed by atoms with E-state index in [9.17, 15) is 24.1 Å². The fourth-order valence-electron chi connectivity index (χ4n) is 3.50. The maximum Gasteiger partial charge on any atom is 0.293 e. The highest BCUT2D eigenvalue weighted by molar-refractivity contribution is 5.96. The first-order valence-corrected chi connectivity index (χ1v) is 9.81. The first-order valence-electron chi connectivity index (χ1n) is 9.81. The van der Waals surface area contributed by atoms with E-state index >= 15 is 0 Å². The van der Waals surface area contributed by atoms with Gasteiger partial charge in [0.2, 0.25) is 0 Å². The zero-order valence-corrected chi connectivity index (χ0v) is 16.2. The molecular weight excluding hydrogens is 391 g/mol. The number of halogens is 1.